The highest BCUT2D eigenvalue weighted by molar-refractivity contribution is 5.92. The third-order valence-corrected chi connectivity index (χ3v) is 3.25. The van der Waals surface area contributed by atoms with Crippen LogP contribution in [-0.2, 0) is 14.3 Å². The highest BCUT2D eigenvalue weighted by Crippen LogP contribution is 2.19. The Bertz CT molecular complexity index is 467. The molecule has 1 fully saturated rings. The summed E-state index contributed by atoms with van der Waals surface area (Å²) in [6, 6.07) is 3.73. The summed E-state index contributed by atoms with van der Waals surface area (Å²) in [7, 11) is 1.31. The molecule has 0 unspecified atom stereocenters. The third kappa shape index (κ3) is 3.94. The number of carbonyl (C=O) groups is 2. The minimum atomic E-state index is -0.386. The quantitative estimate of drug-likeness (QED) is 0.827. The molecule has 0 aliphatic carbocycles. The number of methoxy groups -OCH3 is 1. The van der Waals surface area contributed by atoms with Crippen LogP contribution in [0.15, 0.2) is 18.3 Å². The molecule has 6 nitrogen and oxygen atoms in total. The molecule has 6 heteroatoms. The molecule has 1 amide bonds. The Balaban J connectivity index is 1.83. The van der Waals surface area contributed by atoms with E-state index >= 15 is 0 Å². The molecular formula is C14H19N3O3. The van der Waals surface area contributed by atoms with Gasteiger partial charge in [-0.1, -0.05) is 0 Å². The fraction of sp³-hybridized carbons (Fsp3) is 0.500. The lowest BCUT2D eigenvalue weighted by Crippen LogP contribution is -2.19. The summed E-state index contributed by atoms with van der Waals surface area (Å²) in [5, 5.41) is 2.71. The number of esters is 1. The fourth-order valence-corrected chi connectivity index (χ4v) is 2.13. The molecule has 2 rings (SSSR count). The number of hydrogen-bond acceptors (Lipinski definition) is 5. The Morgan fingerprint density at radius 2 is 2.05 bits per heavy atom. The zero-order valence-corrected chi connectivity index (χ0v) is 11.6. The number of amides is 1. The lowest BCUT2D eigenvalue weighted by Gasteiger charge is -2.16. The second kappa shape index (κ2) is 6.88. The van der Waals surface area contributed by atoms with Gasteiger partial charge in [-0.25, -0.2) is 4.98 Å². The van der Waals surface area contributed by atoms with Gasteiger partial charge in [0.1, 0.15) is 5.82 Å². The summed E-state index contributed by atoms with van der Waals surface area (Å²) in [6.45, 7) is 2.08. The predicted octanol–water partition coefficient (Wildman–Crippen LogP) is 1.57. The number of nitrogens with one attached hydrogen (secondary N) is 1. The van der Waals surface area contributed by atoms with E-state index in [1.54, 1.807) is 6.20 Å². The molecule has 20 heavy (non-hydrogen) atoms. The van der Waals surface area contributed by atoms with E-state index in [0.29, 0.717) is 5.69 Å². The number of carbonyl (C=O) groups excluding carboxylic acids is 2. The minimum Gasteiger partial charge on any atom is -0.469 e. The van der Waals surface area contributed by atoms with Crippen LogP contribution >= 0.6 is 0 Å². The molecule has 1 aromatic rings. The molecule has 1 aliphatic heterocycles. The van der Waals surface area contributed by atoms with E-state index in [2.05, 4.69) is 19.9 Å². The highest BCUT2D eigenvalue weighted by Gasteiger charge is 2.13. The highest BCUT2D eigenvalue weighted by atomic mass is 16.5. The van der Waals surface area contributed by atoms with Gasteiger partial charge in [0.05, 0.1) is 25.4 Å². The number of anilines is 2. The number of aromatic nitrogens is 1. The van der Waals surface area contributed by atoms with Crippen LogP contribution in [-0.4, -0.2) is 37.1 Å². The zero-order chi connectivity index (χ0) is 14.4. The van der Waals surface area contributed by atoms with Crippen molar-refractivity contribution >= 4 is 23.4 Å². The van der Waals surface area contributed by atoms with Gasteiger partial charge in [-0.2, -0.15) is 0 Å². The van der Waals surface area contributed by atoms with Crippen molar-refractivity contribution in [2.75, 3.05) is 30.4 Å². The van der Waals surface area contributed by atoms with E-state index in [-0.39, 0.29) is 24.7 Å². The van der Waals surface area contributed by atoms with E-state index in [4.69, 9.17) is 0 Å². The van der Waals surface area contributed by atoms with Crippen LogP contribution in [0.1, 0.15) is 25.7 Å². The van der Waals surface area contributed by atoms with E-state index in [9.17, 15) is 9.59 Å². The normalized spacial score (nSPS) is 14.2. The van der Waals surface area contributed by atoms with Crippen LogP contribution in [0.2, 0.25) is 0 Å². The molecule has 1 saturated heterocycles. The van der Waals surface area contributed by atoms with Gasteiger partial charge in [0.15, 0.2) is 0 Å². The lowest BCUT2D eigenvalue weighted by molar-refractivity contribution is -0.141. The van der Waals surface area contributed by atoms with E-state index in [0.717, 1.165) is 18.9 Å². The largest absolute Gasteiger partial charge is 0.469 e. The SMILES string of the molecule is COC(=O)CCC(=O)Nc1ccc(N2CCCC2)nc1. The number of hydrogen-bond donors (Lipinski definition) is 1. The van der Waals surface area contributed by atoms with Crippen molar-refractivity contribution in [2.45, 2.75) is 25.7 Å². The molecule has 0 aromatic carbocycles. The summed E-state index contributed by atoms with van der Waals surface area (Å²) in [4.78, 5) is 29.1. The van der Waals surface area contributed by atoms with Gasteiger partial charge in [-0.3, -0.25) is 9.59 Å². The molecule has 0 bridgehead atoms. The van der Waals surface area contributed by atoms with Crippen molar-refractivity contribution in [2.24, 2.45) is 0 Å². The molecule has 1 N–H and O–H groups in total. The summed E-state index contributed by atoms with van der Waals surface area (Å²) in [5.41, 5.74) is 0.641. The van der Waals surface area contributed by atoms with Crippen molar-refractivity contribution in [3.05, 3.63) is 18.3 Å². The third-order valence-electron chi connectivity index (χ3n) is 3.25. The topological polar surface area (TPSA) is 71.5 Å². The van der Waals surface area contributed by atoms with Gasteiger partial charge >= 0.3 is 5.97 Å². The van der Waals surface area contributed by atoms with Crippen LogP contribution < -0.4 is 10.2 Å². The first kappa shape index (κ1) is 14.3. The Labute approximate surface area is 118 Å². The first-order valence-corrected chi connectivity index (χ1v) is 6.76. The maximum atomic E-state index is 11.6. The minimum absolute atomic E-state index is 0.0849. The summed E-state index contributed by atoms with van der Waals surface area (Å²) < 4.78 is 4.49. The Morgan fingerprint density at radius 3 is 2.65 bits per heavy atom. The molecule has 2 heterocycles. The van der Waals surface area contributed by atoms with Crippen molar-refractivity contribution in [3.8, 4) is 0 Å². The van der Waals surface area contributed by atoms with Gasteiger partial charge in [-0.15, -0.1) is 0 Å². The summed E-state index contributed by atoms with van der Waals surface area (Å²) in [6.07, 6.45) is 4.24. The second-order valence-electron chi connectivity index (χ2n) is 4.72. The molecule has 0 atom stereocenters. The van der Waals surface area contributed by atoms with Gasteiger partial charge in [-0.05, 0) is 25.0 Å². The smallest absolute Gasteiger partial charge is 0.306 e. The monoisotopic (exact) mass is 277 g/mol. The van der Waals surface area contributed by atoms with Crippen molar-refractivity contribution in [1.82, 2.24) is 4.98 Å². The van der Waals surface area contributed by atoms with Crippen molar-refractivity contribution in [3.63, 3.8) is 0 Å². The second-order valence-corrected chi connectivity index (χ2v) is 4.72. The van der Waals surface area contributed by atoms with Gasteiger partial charge in [0.2, 0.25) is 5.91 Å². The average Bonchev–Trinajstić information content (AvgIpc) is 2.99. The van der Waals surface area contributed by atoms with Gasteiger partial charge < -0.3 is 15.0 Å². The van der Waals surface area contributed by atoms with Gasteiger partial charge in [0.25, 0.3) is 0 Å². The molecular weight excluding hydrogens is 258 g/mol. The molecule has 108 valence electrons. The molecule has 1 aliphatic rings. The van der Waals surface area contributed by atoms with Crippen molar-refractivity contribution < 1.29 is 14.3 Å². The number of pyridine rings is 1. The van der Waals surface area contributed by atoms with Crippen LogP contribution in [0.25, 0.3) is 0 Å². The molecule has 0 spiro atoms. The lowest BCUT2D eigenvalue weighted by atomic mass is 10.3. The van der Waals surface area contributed by atoms with E-state index < -0.39 is 0 Å². The first-order valence-electron chi connectivity index (χ1n) is 6.76. The van der Waals surface area contributed by atoms with Crippen LogP contribution in [0.4, 0.5) is 11.5 Å². The Hall–Kier alpha value is -2.11. The van der Waals surface area contributed by atoms with E-state index in [1.165, 1.54) is 20.0 Å². The summed E-state index contributed by atoms with van der Waals surface area (Å²) in [5.74, 6) is 0.337. The molecule has 0 radical (unpaired) electrons. The Morgan fingerprint density at radius 1 is 1.30 bits per heavy atom. The molecule has 1 aromatic heterocycles. The van der Waals surface area contributed by atoms with Crippen molar-refractivity contribution in [1.29, 1.82) is 0 Å². The van der Waals surface area contributed by atoms with E-state index in [1.807, 2.05) is 12.1 Å². The first-order chi connectivity index (χ1) is 9.69. The number of nitrogens with zero attached hydrogens (tertiary/aromatic N) is 2. The number of ether oxygens (including phenoxy) is 1. The standard InChI is InChI=1S/C14H19N3O3/c1-20-14(19)7-6-13(18)16-11-4-5-12(15-10-11)17-8-2-3-9-17/h4-5,10H,2-3,6-9H2,1H3,(H,16,18). The summed E-state index contributed by atoms with van der Waals surface area (Å²) >= 11 is 0. The van der Waals surface area contributed by atoms with Gasteiger partial charge in [0, 0.05) is 19.5 Å². The molecule has 0 saturated carbocycles. The maximum absolute atomic E-state index is 11.6. The maximum Gasteiger partial charge on any atom is 0.306 e. The fourth-order valence-electron chi connectivity index (χ4n) is 2.13. The predicted molar refractivity (Wildman–Crippen MR) is 75.6 cm³/mol. The van der Waals surface area contributed by atoms with Crippen LogP contribution in [0.3, 0.4) is 0 Å². The average molecular weight is 277 g/mol. The Kier molecular flexibility index (Phi) is 4.92. The zero-order valence-electron chi connectivity index (χ0n) is 11.6. The van der Waals surface area contributed by atoms with Crippen LogP contribution in [0.5, 0.6) is 0 Å². The number of rotatable bonds is 5. The van der Waals surface area contributed by atoms with Crippen LogP contribution in [0, 0.1) is 0 Å².